The lowest BCUT2D eigenvalue weighted by molar-refractivity contribution is 0.638. The van der Waals surface area contributed by atoms with Crippen LogP contribution in [0.4, 0.5) is 4.39 Å². The first-order chi connectivity index (χ1) is 6.20. The van der Waals surface area contributed by atoms with Gasteiger partial charge in [0.05, 0.1) is 5.39 Å². The van der Waals surface area contributed by atoms with Gasteiger partial charge in [0.15, 0.2) is 0 Å². The van der Waals surface area contributed by atoms with Crippen LogP contribution < -0.4 is 5.56 Å². The summed E-state index contributed by atoms with van der Waals surface area (Å²) in [6, 6.07) is 4.68. The second kappa shape index (κ2) is 3.80. The lowest BCUT2D eigenvalue weighted by atomic mass is 10.1. The second-order valence-electron chi connectivity index (χ2n) is 2.96. The number of aryl methyl sites for hydroxylation is 1. The van der Waals surface area contributed by atoms with Gasteiger partial charge in [-0.2, -0.15) is 0 Å². The highest BCUT2D eigenvalue weighted by molar-refractivity contribution is 5.85. The van der Waals surface area contributed by atoms with Crippen molar-refractivity contribution in [3.8, 4) is 0 Å². The maximum absolute atomic E-state index is 13.2. The monoisotopic (exact) mass is 213 g/mol. The maximum Gasteiger partial charge on any atom is 0.258 e. The van der Waals surface area contributed by atoms with Crippen molar-refractivity contribution < 1.29 is 4.39 Å². The van der Waals surface area contributed by atoms with E-state index in [-0.39, 0.29) is 23.4 Å². The Morgan fingerprint density at radius 2 is 2.00 bits per heavy atom. The van der Waals surface area contributed by atoms with Gasteiger partial charge in [-0.3, -0.25) is 4.79 Å². The third-order valence-electron chi connectivity index (χ3n) is 2.10. The van der Waals surface area contributed by atoms with E-state index in [0.29, 0.717) is 5.39 Å². The number of aromatic nitrogens is 1. The molecule has 2 rings (SSSR count). The van der Waals surface area contributed by atoms with Crippen LogP contribution in [0.1, 0.15) is 5.56 Å². The molecule has 0 atom stereocenters. The number of nitrogens with one attached hydrogen (secondary N) is 1. The second-order valence-corrected chi connectivity index (χ2v) is 2.96. The Hall–Kier alpha value is -1.35. The number of halogens is 2. The highest BCUT2D eigenvalue weighted by Crippen LogP contribution is 2.16. The van der Waals surface area contributed by atoms with Gasteiger partial charge in [-0.25, -0.2) is 4.39 Å². The fourth-order valence-electron chi connectivity index (χ4n) is 1.42. The third-order valence-corrected chi connectivity index (χ3v) is 2.10. The van der Waals surface area contributed by atoms with Crippen molar-refractivity contribution in [2.45, 2.75) is 6.92 Å². The standard InChI is InChI=1S/C10H8FNO.ClH/c1-6-2-3-8(11)9-7(6)4-5-12-10(9)13;/h2-5H,1H3,(H,12,13);1H. The van der Waals surface area contributed by atoms with Crippen LogP contribution >= 0.6 is 12.4 Å². The van der Waals surface area contributed by atoms with Crippen LogP contribution in [-0.2, 0) is 0 Å². The summed E-state index contributed by atoms with van der Waals surface area (Å²) in [5.41, 5.74) is 0.529. The fraction of sp³-hybridized carbons (Fsp3) is 0.100. The van der Waals surface area contributed by atoms with E-state index in [4.69, 9.17) is 0 Å². The summed E-state index contributed by atoms with van der Waals surface area (Å²) in [5, 5.41) is 0.811. The van der Waals surface area contributed by atoms with Crippen LogP contribution in [0.3, 0.4) is 0 Å². The number of fused-ring (bicyclic) bond motifs is 1. The molecular formula is C10H9ClFNO. The molecule has 0 saturated heterocycles. The molecule has 1 heterocycles. The van der Waals surface area contributed by atoms with Gasteiger partial charge in [0.2, 0.25) is 0 Å². The van der Waals surface area contributed by atoms with Gasteiger partial charge in [-0.15, -0.1) is 12.4 Å². The summed E-state index contributed by atoms with van der Waals surface area (Å²) < 4.78 is 13.2. The zero-order valence-corrected chi connectivity index (χ0v) is 8.32. The van der Waals surface area contributed by atoms with E-state index in [9.17, 15) is 9.18 Å². The summed E-state index contributed by atoms with van der Waals surface area (Å²) in [4.78, 5) is 13.7. The number of hydrogen-bond donors (Lipinski definition) is 1. The van der Waals surface area contributed by atoms with E-state index in [1.807, 2.05) is 6.92 Å². The Morgan fingerprint density at radius 3 is 2.64 bits per heavy atom. The van der Waals surface area contributed by atoms with Gasteiger partial charge in [-0.1, -0.05) is 6.07 Å². The molecule has 2 aromatic rings. The number of rotatable bonds is 0. The number of pyridine rings is 1. The SMILES string of the molecule is Cc1ccc(F)c2c(=O)[nH]ccc12.Cl. The molecule has 1 aromatic heterocycles. The van der Waals surface area contributed by atoms with Crippen molar-refractivity contribution in [3.63, 3.8) is 0 Å². The molecule has 0 aliphatic carbocycles. The van der Waals surface area contributed by atoms with Gasteiger partial charge < -0.3 is 4.98 Å². The average molecular weight is 214 g/mol. The first kappa shape index (κ1) is 10.7. The maximum atomic E-state index is 13.2. The molecule has 1 N–H and O–H groups in total. The number of aromatic amines is 1. The Morgan fingerprint density at radius 1 is 1.29 bits per heavy atom. The van der Waals surface area contributed by atoms with Crippen molar-refractivity contribution in [1.29, 1.82) is 0 Å². The summed E-state index contributed by atoms with van der Waals surface area (Å²) in [7, 11) is 0. The molecule has 0 aliphatic heterocycles. The minimum atomic E-state index is -0.470. The minimum Gasteiger partial charge on any atom is -0.328 e. The van der Waals surface area contributed by atoms with E-state index in [1.165, 1.54) is 12.3 Å². The number of benzene rings is 1. The molecule has 0 saturated carbocycles. The smallest absolute Gasteiger partial charge is 0.258 e. The molecule has 14 heavy (non-hydrogen) atoms. The molecule has 2 nitrogen and oxygen atoms in total. The van der Waals surface area contributed by atoms with E-state index in [2.05, 4.69) is 4.98 Å². The van der Waals surface area contributed by atoms with Crippen LogP contribution in [0.5, 0.6) is 0 Å². The molecule has 0 spiro atoms. The quantitative estimate of drug-likeness (QED) is 0.716. The van der Waals surface area contributed by atoms with Gasteiger partial charge >= 0.3 is 0 Å². The zero-order chi connectivity index (χ0) is 9.42. The topological polar surface area (TPSA) is 32.9 Å². The average Bonchev–Trinajstić information content (AvgIpc) is 2.12. The Labute approximate surface area is 86.2 Å². The molecule has 1 aromatic carbocycles. The molecule has 0 radical (unpaired) electrons. The van der Waals surface area contributed by atoms with Gasteiger partial charge in [0.1, 0.15) is 5.82 Å². The Kier molecular flexibility index (Phi) is 2.91. The lowest BCUT2D eigenvalue weighted by Gasteiger charge is -2.00. The summed E-state index contributed by atoms with van der Waals surface area (Å²) >= 11 is 0. The molecule has 0 amide bonds. The van der Waals surface area contributed by atoms with Gasteiger partial charge in [0, 0.05) is 6.20 Å². The summed E-state index contributed by atoms with van der Waals surface area (Å²) in [5.74, 6) is -0.470. The van der Waals surface area contributed by atoms with Crippen LogP contribution in [0, 0.1) is 12.7 Å². The van der Waals surface area contributed by atoms with Crippen molar-refractivity contribution in [1.82, 2.24) is 4.98 Å². The highest BCUT2D eigenvalue weighted by Gasteiger charge is 2.05. The van der Waals surface area contributed by atoms with Crippen molar-refractivity contribution in [2.24, 2.45) is 0 Å². The summed E-state index contributed by atoms with van der Waals surface area (Å²) in [6.45, 7) is 1.85. The normalized spacial score (nSPS) is 9.86. The molecule has 0 unspecified atom stereocenters. The lowest BCUT2D eigenvalue weighted by Crippen LogP contribution is -2.06. The fourth-order valence-corrected chi connectivity index (χ4v) is 1.42. The number of H-pyrrole nitrogens is 1. The van der Waals surface area contributed by atoms with E-state index in [1.54, 1.807) is 12.1 Å². The molecule has 0 aliphatic rings. The molecule has 74 valence electrons. The van der Waals surface area contributed by atoms with Crippen molar-refractivity contribution >= 4 is 23.2 Å². The highest BCUT2D eigenvalue weighted by atomic mass is 35.5. The summed E-state index contributed by atoms with van der Waals surface area (Å²) in [6.07, 6.45) is 1.52. The molecular weight excluding hydrogens is 205 g/mol. The van der Waals surface area contributed by atoms with E-state index >= 15 is 0 Å². The van der Waals surface area contributed by atoms with Crippen LogP contribution in [0.25, 0.3) is 10.8 Å². The molecule has 0 bridgehead atoms. The van der Waals surface area contributed by atoms with Crippen molar-refractivity contribution in [2.75, 3.05) is 0 Å². The van der Waals surface area contributed by atoms with E-state index < -0.39 is 5.82 Å². The van der Waals surface area contributed by atoms with Gasteiger partial charge in [0.25, 0.3) is 5.56 Å². The first-order valence-corrected chi connectivity index (χ1v) is 3.96. The molecule has 0 fully saturated rings. The van der Waals surface area contributed by atoms with E-state index in [0.717, 1.165) is 5.56 Å². The number of hydrogen-bond acceptors (Lipinski definition) is 1. The largest absolute Gasteiger partial charge is 0.328 e. The van der Waals surface area contributed by atoms with Crippen LogP contribution in [0.15, 0.2) is 29.2 Å². The Bertz CT molecular complexity index is 521. The third kappa shape index (κ3) is 1.51. The van der Waals surface area contributed by atoms with Crippen LogP contribution in [-0.4, -0.2) is 4.98 Å². The first-order valence-electron chi connectivity index (χ1n) is 3.96. The predicted octanol–water partition coefficient (Wildman–Crippen LogP) is 2.40. The Balaban J connectivity index is 0.000000980. The minimum absolute atomic E-state index is 0. The zero-order valence-electron chi connectivity index (χ0n) is 7.50. The van der Waals surface area contributed by atoms with Crippen LogP contribution in [0.2, 0.25) is 0 Å². The van der Waals surface area contributed by atoms with Crippen molar-refractivity contribution in [3.05, 3.63) is 46.1 Å². The predicted molar refractivity (Wildman–Crippen MR) is 56.5 cm³/mol. The van der Waals surface area contributed by atoms with Gasteiger partial charge in [-0.05, 0) is 30.0 Å². The molecule has 4 heteroatoms.